The van der Waals surface area contributed by atoms with Crippen LogP contribution in [0.3, 0.4) is 0 Å². The van der Waals surface area contributed by atoms with Gasteiger partial charge in [-0.25, -0.2) is 0 Å². The molecule has 1 fully saturated rings. The van der Waals surface area contributed by atoms with Crippen LogP contribution in [0.5, 0.6) is 0 Å². The molecule has 2 heteroatoms. The van der Waals surface area contributed by atoms with Gasteiger partial charge in [-0.2, -0.15) is 0 Å². The molecule has 2 nitrogen and oxygen atoms in total. The number of nitrogens with zero attached hydrogens (tertiary/aromatic N) is 1. The van der Waals surface area contributed by atoms with Gasteiger partial charge in [0.05, 0.1) is 0 Å². The van der Waals surface area contributed by atoms with Crippen LogP contribution >= 0.6 is 0 Å². The Morgan fingerprint density at radius 1 is 1.42 bits per heavy atom. The van der Waals surface area contributed by atoms with Crippen LogP contribution in [0.2, 0.25) is 0 Å². The van der Waals surface area contributed by atoms with E-state index in [9.17, 15) is 0 Å². The summed E-state index contributed by atoms with van der Waals surface area (Å²) < 4.78 is 0. The molecule has 0 aliphatic heterocycles. The summed E-state index contributed by atoms with van der Waals surface area (Å²) in [4.78, 5) is 2.45. The molecule has 2 N–H and O–H groups in total. The SMILES string of the molecule is CC(CN)C(C)N(C)CC1CC1. The van der Waals surface area contributed by atoms with Crippen LogP contribution in [-0.2, 0) is 0 Å². The first-order chi connectivity index (χ1) is 5.65. The zero-order valence-electron chi connectivity index (χ0n) is 8.59. The van der Waals surface area contributed by atoms with Crippen molar-refractivity contribution in [2.75, 3.05) is 20.1 Å². The summed E-state index contributed by atoms with van der Waals surface area (Å²) >= 11 is 0. The quantitative estimate of drug-likeness (QED) is 0.674. The Morgan fingerprint density at radius 3 is 2.42 bits per heavy atom. The second-order valence-corrected chi connectivity index (χ2v) is 4.34. The van der Waals surface area contributed by atoms with E-state index in [0.29, 0.717) is 12.0 Å². The summed E-state index contributed by atoms with van der Waals surface area (Å²) in [6.45, 7) is 6.58. The van der Waals surface area contributed by atoms with Gasteiger partial charge in [-0.3, -0.25) is 0 Å². The Morgan fingerprint density at radius 2 is 2.00 bits per heavy atom. The molecular weight excluding hydrogens is 148 g/mol. The summed E-state index contributed by atoms with van der Waals surface area (Å²) in [5, 5.41) is 0. The third-order valence-electron chi connectivity index (χ3n) is 3.13. The van der Waals surface area contributed by atoms with E-state index in [4.69, 9.17) is 5.73 Å². The number of nitrogens with two attached hydrogens (primary N) is 1. The molecule has 1 rings (SSSR count). The first kappa shape index (κ1) is 10.0. The van der Waals surface area contributed by atoms with Gasteiger partial charge in [0, 0.05) is 12.6 Å². The van der Waals surface area contributed by atoms with Crippen molar-refractivity contribution in [3.63, 3.8) is 0 Å². The van der Waals surface area contributed by atoms with Crippen molar-refractivity contribution < 1.29 is 0 Å². The maximum atomic E-state index is 5.63. The van der Waals surface area contributed by atoms with Crippen LogP contribution in [0.4, 0.5) is 0 Å². The fourth-order valence-electron chi connectivity index (χ4n) is 1.51. The molecule has 0 bridgehead atoms. The predicted molar refractivity (Wildman–Crippen MR) is 53.0 cm³/mol. The summed E-state index contributed by atoms with van der Waals surface area (Å²) in [6.07, 6.45) is 2.88. The highest BCUT2D eigenvalue weighted by molar-refractivity contribution is 4.79. The van der Waals surface area contributed by atoms with Gasteiger partial charge in [0.2, 0.25) is 0 Å². The summed E-state index contributed by atoms with van der Waals surface area (Å²) in [5.41, 5.74) is 5.63. The lowest BCUT2D eigenvalue weighted by atomic mass is 10.0. The lowest BCUT2D eigenvalue weighted by Crippen LogP contribution is -2.38. The molecule has 1 saturated carbocycles. The molecule has 12 heavy (non-hydrogen) atoms. The maximum absolute atomic E-state index is 5.63. The van der Waals surface area contributed by atoms with Crippen molar-refractivity contribution in [3.05, 3.63) is 0 Å². The normalized spacial score (nSPS) is 22.8. The standard InChI is InChI=1S/C10H22N2/c1-8(6-11)9(2)12(3)7-10-4-5-10/h8-10H,4-7,11H2,1-3H3. The maximum Gasteiger partial charge on any atom is 0.0102 e. The van der Waals surface area contributed by atoms with E-state index < -0.39 is 0 Å². The van der Waals surface area contributed by atoms with Gasteiger partial charge in [-0.15, -0.1) is 0 Å². The van der Waals surface area contributed by atoms with Crippen molar-refractivity contribution >= 4 is 0 Å². The van der Waals surface area contributed by atoms with E-state index in [1.807, 2.05) is 0 Å². The van der Waals surface area contributed by atoms with E-state index in [1.165, 1.54) is 19.4 Å². The Balaban J connectivity index is 2.23. The average Bonchev–Trinajstić information content (AvgIpc) is 2.85. The Kier molecular flexibility index (Phi) is 3.53. The van der Waals surface area contributed by atoms with Gasteiger partial charge in [-0.05, 0) is 45.2 Å². The van der Waals surface area contributed by atoms with Crippen molar-refractivity contribution in [2.24, 2.45) is 17.6 Å². The predicted octanol–water partition coefficient (Wildman–Crippen LogP) is 1.31. The van der Waals surface area contributed by atoms with E-state index in [2.05, 4.69) is 25.8 Å². The topological polar surface area (TPSA) is 29.3 Å². The van der Waals surface area contributed by atoms with Crippen LogP contribution in [0.25, 0.3) is 0 Å². The molecule has 0 amide bonds. The highest BCUT2D eigenvalue weighted by Gasteiger charge is 2.25. The van der Waals surface area contributed by atoms with Gasteiger partial charge >= 0.3 is 0 Å². The lowest BCUT2D eigenvalue weighted by Gasteiger charge is -2.29. The second kappa shape index (κ2) is 4.24. The van der Waals surface area contributed by atoms with Crippen molar-refractivity contribution in [1.29, 1.82) is 0 Å². The first-order valence-electron chi connectivity index (χ1n) is 5.05. The van der Waals surface area contributed by atoms with E-state index >= 15 is 0 Å². The lowest BCUT2D eigenvalue weighted by molar-refractivity contribution is 0.195. The summed E-state index contributed by atoms with van der Waals surface area (Å²) in [6, 6.07) is 0.635. The van der Waals surface area contributed by atoms with Crippen LogP contribution in [-0.4, -0.2) is 31.1 Å². The monoisotopic (exact) mass is 170 g/mol. The van der Waals surface area contributed by atoms with Gasteiger partial charge < -0.3 is 10.6 Å². The molecule has 2 unspecified atom stereocenters. The highest BCUT2D eigenvalue weighted by Crippen LogP contribution is 2.30. The smallest absolute Gasteiger partial charge is 0.0102 e. The van der Waals surface area contributed by atoms with Gasteiger partial charge in [-0.1, -0.05) is 6.92 Å². The Bertz CT molecular complexity index is 132. The summed E-state index contributed by atoms with van der Waals surface area (Å²) in [5.74, 6) is 1.61. The minimum absolute atomic E-state index is 0.619. The van der Waals surface area contributed by atoms with Crippen LogP contribution < -0.4 is 5.73 Å². The molecule has 0 radical (unpaired) electrons. The van der Waals surface area contributed by atoms with Crippen LogP contribution in [0.1, 0.15) is 26.7 Å². The Labute approximate surface area is 76.1 Å². The number of hydrogen-bond acceptors (Lipinski definition) is 2. The van der Waals surface area contributed by atoms with Crippen molar-refractivity contribution in [3.8, 4) is 0 Å². The molecule has 2 atom stereocenters. The molecule has 0 aromatic heterocycles. The molecular formula is C10H22N2. The second-order valence-electron chi connectivity index (χ2n) is 4.34. The molecule has 0 spiro atoms. The minimum Gasteiger partial charge on any atom is -0.330 e. The number of rotatable bonds is 5. The van der Waals surface area contributed by atoms with E-state index in [0.717, 1.165) is 12.5 Å². The first-order valence-corrected chi connectivity index (χ1v) is 5.05. The highest BCUT2D eigenvalue weighted by atomic mass is 15.1. The molecule has 1 aliphatic carbocycles. The van der Waals surface area contributed by atoms with Crippen molar-refractivity contribution in [1.82, 2.24) is 4.90 Å². The van der Waals surface area contributed by atoms with Crippen LogP contribution in [0, 0.1) is 11.8 Å². The average molecular weight is 170 g/mol. The molecule has 0 aromatic carbocycles. The fourth-order valence-corrected chi connectivity index (χ4v) is 1.51. The van der Waals surface area contributed by atoms with Crippen LogP contribution in [0.15, 0.2) is 0 Å². The summed E-state index contributed by atoms with van der Waals surface area (Å²) in [7, 11) is 2.22. The van der Waals surface area contributed by atoms with Gasteiger partial charge in [0.1, 0.15) is 0 Å². The zero-order chi connectivity index (χ0) is 9.14. The van der Waals surface area contributed by atoms with Crippen molar-refractivity contribution in [2.45, 2.75) is 32.7 Å². The van der Waals surface area contributed by atoms with E-state index in [-0.39, 0.29) is 0 Å². The third kappa shape index (κ3) is 2.76. The minimum atomic E-state index is 0.619. The van der Waals surface area contributed by atoms with Gasteiger partial charge in [0.15, 0.2) is 0 Å². The molecule has 0 aromatic rings. The number of hydrogen-bond donors (Lipinski definition) is 1. The zero-order valence-corrected chi connectivity index (χ0v) is 8.59. The van der Waals surface area contributed by atoms with Gasteiger partial charge in [0.25, 0.3) is 0 Å². The molecule has 0 saturated heterocycles. The third-order valence-corrected chi connectivity index (χ3v) is 3.13. The fraction of sp³-hybridized carbons (Fsp3) is 1.00. The van der Waals surface area contributed by atoms with E-state index in [1.54, 1.807) is 0 Å². The molecule has 0 heterocycles. The molecule has 72 valence electrons. The molecule has 1 aliphatic rings. The Hall–Kier alpha value is -0.0800. The largest absolute Gasteiger partial charge is 0.330 e.